The number of rotatable bonds is 18. The highest BCUT2D eigenvalue weighted by molar-refractivity contribution is 5.08. The average Bonchev–Trinajstić information content (AvgIpc) is 4.06. The van der Waals surface area contributed by atoms with E-state index in [-0.39, 0.29) is 0 Å². The zero-order valence-electron chi connectivity index (χ0n) is 45.3. The Morgan fingerprint density at radius 2 is 1.19 bits per heavy atom. The molecule has 64 heavy (non-hydrogen) atoms. The molecule has 19 atom stereocenters. The smallest absolute Gasteiger partial charge is 0.00699 e. The molecule has 372 valence electrons. The summed E-state index contributed by atoms with van der Waals surface area (Å²) in [5, 5.41) is 4.19. The second-order valence-electron chi connectivity index (χ2n) is 27.4. The van der Waals surface area contributed by atoms with Gasteiger partial charge in [-0.15, -0.1) is 0 Å². The van der Waals surface area contributed by atoms with Gasteiger partial charge in [-0.3, -0.25) is 0 Å². The van der Waals surface area contributed by atoms with E-state index in [2.05, 4.69) is 81.5 Å². The van der Waals surface area contributed by atoms with Crippen LogP contribution in [0, 0.1) is 124 Å². The maximum Gasteiger partial charge on any atom is 0.00699 e. The molecule has 2 bridgehead atoms. The lowest BCUT2D eigenvalue weighted by Gasteiger charge is -2.58. The molecule has 0 aromatic carbocycles. The Bertz CT molecular complexity index is 1320. The molecule has 1 heteroatoms. The van der Waals surface area contributed by atoms with Crippen LogP contribution in [0.25, 0.3) is 0 Å². The van der Waals surface area contributed by atoms with Crippen LogP contribution in [-0.4, -0.2) is 12.6 Å². The van der Waals surface area contributed by atoms with Gasteiger partial charge in [0, 0.05) is 6.04 Å². The van der Waals surface area contributed by atoms with E-state index in [0.717, 1.165) is 124 Å². The lowest BCUT2D eigenvalue weighted by atomic mass is 9.46. The number of fused-ring (bicyclic) bond motifs is 5. The summed E-state index contributed by atoms with van der Waals surface area (Å²) in [6.07, 6.45) is 43.3. The Morgan fingerprint density at radius 1 is 0.531 bits per heavy atom. The Hall–Kier alpha value is -0.0400. The zero-order valence-corrected chi connectivity index (χ0v) is 45.3. The van der Waals surface area contributed by atoms with Crippen molar-refractivity contribution in [2.24, 2.45) is 124 Å². The van der Waals surface area contributed by atoms with Crippen molar-refractivity contribution in [1.29, 1.82) is 0 Å². The minimum Gasteiger partial charge on any atom is -0.314 e. The summed E-state index contributed by atoms with van der Waals surface area (Å²) in [5.74, 6) is 18.5. The zero-order chi connectivity index (χ0) is 45.5. The molecule has 1 N–H and O–H groups in total. The van der Waals surface area contributed by atoms with E-state index < -0.39 is 0 Å². The minimum atomic E-state index is 0.440. The largest absolute Gasteiger partial charge is 0.314 e. The minimum absolute atomic E-state index is 0.440. The highest BCUT2D eigenvalue weighted by Crippen LogP contribution is 2.67. The maximum atomic E-state index is 4.19. The summed E-state index contributed by atoms with van der Waals surface area (Å²) in [4.78, 5) is 0. The quantitative estimate of drug-likeness (QED) is 0.135. The first kappa shape index (κ1) is 51.8. The predicted octanol–water partition coefficient (Wildman–Crippen LogP) is 18.9. The highest BCUT2D eigenvalue weighted by atomic mass is 14.9. The van der Waals surface area contributed by atoms with Crippen LogP contribution in [-0.2, 0) is 0 Å². The SMILES string of the molecule is CCCCCC(CCCCC)C1CCC2CC3C(C)C(C)CC(C4CCC(C)C4)C(C)(C)C3C(C(C)C3CC(C4CCC(NCCCCC5CCCCC5)C4)CC3C(C)C1C)C2CC. The van der Waals surface area contributed by atoms with E-state index >= 15 is 0 Å². The third-order valence-electron chi connectivity index (χ3n) is 23.7. The molecule has 0 heterocycles. The van der Waals surface area contributed by atoms with Gasteiger partial charge in [0.1, 0.15) is 0 Å². The molecular formula is C63H115N. The third kappa shape index (κ3) is 11.9. The molecule has 0 spiro atoms. The lowest BCUT2D eigenvalue weighted by Crippen LogP contribution is -2.53. The summed E-state index contributed by atoms with van der Waals surface area (Å²) < 4.78 is 0. The number of hydrogen-bond acceptors (Lipinski definition) is 1. The molecule has 7 aliphatic rings. The third-order valence-corrected chi connectivity index (χ3v) is 23.7. The summed E-state index contributed by atoms with van der Waals surface area (Å²) >= 11 is 0. The number of unbranched alkanes of at least 4 members (excludes halogenated alkanes) is 5. The first-order valence-electron chi connectivity index (χ1n) is 30.6. The van der Waals surface area contributed by atoms with Gasteiger partial charge >= 0.3 is 0 Å². The van der Waals surface area contributed by atoms with E-state index in [4.69, 9.17) is 0 Å². The van der Waals surface area contributed by atoms with Crippen LogP contribution in [0.4, 0.5) is 0 Å². The van der Waals surface area contributed by atoms with Crippen LogP contribution < -0.4 is 5.32 Å². The lowest BCUT2D eigenvalue weighted by molar-refractivity contribution is -0.105. The van der Waals surface area contributed by atoms with Crippen molar-refractivity contribution in [2.45, 2.75) is 268 Å². The van der Waals surface area contributed by atoms with E-state index in [1.165, 1.54) is 161 Å². The summed E-state index contributed by atoms with van der Waals surface area (Å²) in [6, 6.07) is 0.794. The first-order valence-corrected chi connectivity index (χ1v) is 30.6. The van der Waals surface area contributed by atoms with Gasteiger partial charge in [0.15, 0.2) is 0 Å². The molecule has 0 aromatic heterocycles. The van der Waals surface area contributed by atoms with Crippen LogP contribution in [0.1, 0.15) is 262 Å². The van der Waals surface area contributed by atoms with E-state index in [1.807, 2.05) is 0 Å². The van der Waals surface area contributed by atoms with Crippen molar-refractivity contribution in [1.82, 2.24) is 5.32 Å². The van der Waals surface area contributed by atoms with Gasteiger partial charge in [-0.2, -0.15) is 0 Å². The van der Waals surface area contributed by atoms with Gasteiger partial charge in [-0.25, -0.2) is 0 Å². The standard InChI is InChI=1S/C63H115N/c1-12-15-18-27-49(28-19-16-13-2)56-34-32-51-39-59-44(6)43(5)37-60(52-30-29-42(4)36-52)63(10,11)62(59)61(55(51)14-3)47(9)58-41-53(40-57(58)46(8)45(56)7)50-31-33-54(38-50)64-35-23-22-26-48-24-20-17-21-25-48/h42-62,64H,12-41H2,1-11H3. The van der Waals surface area contributed by atoms with Gasteiger partial charge in [0.2, 0.25) is 0 Å². The average molecular weight is 887 g/mol. The molecule has 7 rings (SSSR count). The van der Waals surface area contributed by atoms with Crippen molar-refractivity contribution in [2.75, 3.05) is 6.54 Å². The van der Waals surface area contributed by atoms with Crippen LogP contribution in [0.5, 0.6) is 0 Å². The molecule has 0 amide bonds. The van der Waals surface area contributed by atoms with Crippen LogP contribution in [0.15, 0.2) is 0 Å². The van der Waals surface area contributed by atoms with E-state index in [9.17, 15) is 0 Å². The summed E-state index contributed by atoms with van der Waals surface area (Å²) in [6.45, 7) is 31.5. The monoisotopic (exact) mass is 886 g/mol. The van der Waals surface area contributed by atoms with Crippen molar-refractivity contribution >= 4 is 0 Å². The van der Waals surface area contributed by atoms with Gasteiger partial charge in [-0.1, -0.05) is 185 Å². The van der Waals surface area contributed by atoms with Crippen LogP contribution in [0.2, 0.25) is 0 Å². The molecule has 19 unspecified atom stereocenters. The Balaban J connectivity index is 1.18. The topological polar surface area (TPSA) is 12.0 Å². The summed E-state index contributed by atoms with van der Waals surface area (Å²) in [7, 11) is 0. The molecule has 1 nitrogen and oxygen atoms in total. The fourth-order valence-electron chi connectivity index (χ4n) is 19.8. The fraction of sp³-hybridized carbons (Fsp3) is 1.00. The van der Waals surface area contributed by atoms with Crippen LogP contribution >= 0.6 is 0 Å². The molecular weight excluding hydrogens is 771 g/mol. The normalized spacial score (nSPS) is 44.3. The number of hydrogen-bond donors (Lipinski definition) is 1. The van der Waals surface area contributed by atoms with Gasteiger partial charge in [0.05, 0.1) is 0 Å². The highest BCUT2D eigenvalue weighted by Gasteiger charge is 2.60. The maximum absolute atomic E-state index is 4.19. The Labute approximate surface area is 402 Å². The first-order chi connectivity index (χ1) is 30.9. The van der Waals surface area contributed by atoms with Gasteiger partial charge in [0.25, 0.3) is 0 Å². The predicted molar refractivity (Wildman–Crippen MR) is 280 cm³/mol. The van der Waals surface area contributed by atoms with E-state index in [1.54, 1.807) is 32.1 Å². The molecule has 7 fully saturated rings. The summed E-state index contributed by atoms with van der Waals surface area (Å²) in [5.41, 5.74) is 0.440. The van der Waals surface area contributed by atoms with E-state index in [0.29, 0.717) is 5.41 Å². The van der Waals surface area contributed by atoms with Gasteiger partial charge in [-0.05, 0) is 207 Å². The molecule has 0 aliphatic heterocycles. The second-order valence-corrected chi connectivity index (χ2v) is 27.4. The van der Waals surface area contributed by atoms with Gasteiger partial charge < -0.3 is 5.32 Å². The molecule has 7 aliphatic carbocycles. The van der Waals surface area contributed by atoms with Crippen molar-refractivity contribution in [3.05, 3.63) is 0 Å². The van der Waals surface area contributed by atoms with Crippen molar-refractivity contribution in [3.63, 3.8) is 0 Å². The Kier molecular flexibility index (Phi) is 19.6. The molecule has 0 aromatic rings. The van der Waals surface area contributed by atoms with Crippen molar-refractivity contribution < 1.29 is 0 Å². The second kappa shape index (κ2) is 24.2. The van der Waals surface area contributed by atoms with Crippen molar-refractivity contribution in [3.8, 4) is 0 Å². The molecule has 0 saturated heterocycles. The number of nitrogens with one attached hydrogen (secondary N) is 1. The van der Waals surface area contributed by atoms with Crippen LogP contribution in [0.3, 0.4) is 0 Å². The molecule has 0 radical (unpaired) electrons. The molecule has 7 saturated carbocycles. The Morgan fingerprint density at radius 3 is 1.84 bits per heavy atom. The fourth-order valence-corrected chi connectivity index (χ4v) is 19.8.